The van der Waals surface area contributed by atoms with E-state index in [1.165, 1.54) is 17.7 Å². The van der Waals surface area contributed by atoms with Crippen molar-refractivity contribution in [3.63, 3.8) is 0 Å². The van der Waals surface area contributed by atoms with Crippen molar-refractivity contribution in [1.29, 1.82) is 0 Å². The number of allylic oxidation sites excluding steroid dienone is 2. The molecule has 0 fully saturated rings. The average Bonchev–Trinajstić information content (AvgIpc) is 2.99. The summed E-state index contributed by atoms with van der Waals surface area (Å²) in [5.74, 6) is -2.64. The minimum atomic E-state index is -1.47. The van der Waals surface area contributed by atoms with Gasteiger partial charge < -0.3 is 21.1 Å². The fourth-order valence-corrected chi connectivity index (χ4v) is 6.57. The van der Waals surface area contributed by atoms with Gasteiger partial charge in [0.2, 0.25) is 11.8 Å². The Bertz CT molecular complexity index is 1340. The van der Waals surface area contributed by atoms with E-state index in [1.807, 2.05) is 26.0 Å². The van der Waals surface area contributed by atoms with E-state index in [2.05, 4.69) is 17.4 Å². The Hall–Kier alpha value is -3.07. The van der Waals surface area contributed by atoms with Crippen molar-refractivity contribution in [3.8, 4) is 0 Å². The smallest absolute Gasteiger partial charge is 0.249 e. The lowest BCUT2D eigenvalue weighted by Gasteiger charge is -2.42. The summed E-state index contributed by atoms with van der Waals surface area (Å²) in [6.45, 7) is 7.49. The monoisotopic (exact) mass is 643 g/mol. The Kier molecular flexibility index (Phi) is 14.2. The quantitative estimate of drug-likeness (QED) is 0.133. The zero-order valence-corrected chi connectivity index (χ0v) is 27.5. The summed E-state index contributed by atoms with van der Waals surface area (Å²) >= 11 is 5.82. The van der Waals surface area contributed by atoms with Crippen LogP contribution in [0, 0.1) is 23.0 Å². The predicted octanol–water partition coefficient (Wildman–Crippen LogP) is 6.23. The van der Waals surface area contributed by atoms with E-state index in [1.54, 1.807) is 24.0 Å². The van der Waals surface area contributed by atoms with Crippen molar-refractivity contribution in [1.82, 2.24) is 10.2 Å². The van der Waals surface area contributed by atoms with Crippen LogP contribution in [0.1, 0.15) is 69.6 Å². The number of aliphatic hydroxyl groups excluding tert-OH is 1. The number of alkyl halides is 1. The van der Waals surface area contributed by atoms with Gasteiger partial charge >= 0.3 is 0 Å². The summed E-state index contributed by atoms with van der Waals surface area (Å²) in [5.41, 5.74) is 8.28. The number of aliphatic hydroxyl groups is 1. The Labute approximate surface area is 271 Å². The number of nitrogens with two attached hydrogens (primary N) is 1. The van der Waals surface area contributed by atoms with Crippen molar-refractivity contribution in [2.45, 2.75) is 78.4 Å². The van der Waals surface area contributed by atoms with Crippen molar-refractivity contribution in [2.24, 2.45) is 17.1 Å². The van der Waals surface area contributed by atoms with E-state index in [0.717, 1.165) is 43.7 Å². The van der Waals surface area contributed by atoms with E-state index in [9.17, 15) is 23.5 Å². The van der Waals surface area contributed by atoms with Crippen molar-refractivity contribution < 1.29 is 23.5 Å². The number of hydrogen-bond donors (Lipinski definition) is 3. The first kappa shape index (κ1) is 36.4. The molecule has 0 bridgehead atoms. The van der Waals surface area contributed by atoms with Crippen molar-refractivity contribution in [2.75, 3.05) is 25.5 Å². The first-order valence-corrected chi connectivity index (χ1v) is 16.5. The van der Waals surface area contributed by atoms with E-state index in [-0.39, 0.29) is 30.9 Å². The van der Waals surface area contributed by atoms with Gasteiger partial charge in [-0.05, 0) is 80.7 Å². The molecule has 0 saturated heterocycles. The normalized spacial score (nSPS) is 17.8. The molecule has 0 aromatic heterocycles. The summed E-state index contributed by atoms with van der Waals surface area (Å²) in [5, 5.41) is 15.0. The molecular formula is C36H48ClF2N3O3. The van der Waals surface area contributed by atoms with Gasteiger partial charge in [0.25, 0.3) is 0 Å². The lowest BCUT2D eigenvalue weighted by molar-refractivity contribution is -0.132. The molecule has 1 aliphatic carbocycles. The maximum atomic E-state index is 14.3. The first-order valence-electron chi connectivity index (χ1n) is 16.0. The molecule has 0 aliphatic heterocycles. The molecule has 2 amide bonds. The number of hydrogen-bond acceptors (Lipinski definition) is 4. The number of benzene rings is 2. The Balaban J connectivity index is 1.92. The number of nitrogens with one attached hydrogen (secondary N) is 1. The summed E-state index contributed by atoms with van der Waals surface area (Å²) in [7, 11) is 0. The second kappa shape index (κ2) is 17.6. The second-order valence-corrected chi connectivity index (χ2v) is 12.6. The van der Waals surface area contributed by atoms with Gasteiger partial charge in [-0.15, -0.1) is 11.6 Å². The van der Waals surface area contributed by atoms with Crippen LogP contribution in [-0.2, 0) is 29.0 Å². The van der Waals surface area contributed by atoms with E-state index in [4.69, 9.17) is 17.3 Å². The lowest BCUT2D eigenvalue weighted by atomic mass is 9.63. The molecule has 6 nitrogen and oxygen atoms in total. The van der Waals surface area contributed by atoms with Crippen molar-refractivity contribution >= 4 is 23.4 Å². The van der Waals surface area contributed by atoms with Gasteiger partial charge in [-0.2, -0.15) is 0 Å². The highest BCUT2D eigenvalue weighted by Crippen LogP contribution is 2.44. The number of amides is 2. The predicted molar refractivity (Wildman–Crippen MR) is 177 cm³/mol. The van der Waals surface area contributed by atoms with Crippen LogP contribution in [0.4, 0.5) is 8.78 Å². The molecule has 246 valence electrons. The highest BCUT2D eigenvalue weighted by atomic mass is 35.5. The first-order chi connectivity index (χ1) is 21.5. The molecule has 0 radical (unpaired) electrons. The third kappa shape index (κ3) is 10.2. The van der Waals surface area contributed by atoms with Crippen LogP contribution in [-0.4, -0.2) is 53.4 Å². The number of halogens is 3. The minimum absolute atomic E-state index is 0.0215. The maximum Gasteiger partial charge on any atom is 0.249 e. The van der Waals surface area contributed by atoms with Crippen LogP contribution in [0.5, 0.6) is 0 Å². The topological polar surface area (TPSA) is 95.7 Å². The van der Waals surface area contributed by atoms with E-state index >= 15 is 0 Å². The fourth-order valence-electron chi connectivity index (χ4n) is 6.38. The zero-order valence-electron chi connectivity index (χ0n) is 26.8. The minimum Gasteiger partial charge on any atom is -0.391 e. The Morgan fingerprint density at radius 2 is 1.71 bits per heavy atom. The van der Waals surface area contributed by atoms with E-state index in [0.29, 0.717) is 36.7 Å². The molecule has 4 N–H and O–H groups in total. The lowest BCUT2D eigenvalue weighted by Crippen LogP contribution is -2.51. The van der Waals surface area contributed by atoms with Crippen LogP contribution in [0.25, 0.3) is 0 Å². The summed E-state index contributed by atoms with van der Waals surface area (Å²) < 4.78 is 28.6. The zero-order chi connectivity index (χ0) is 33.0. The Morgan fingerprint density at radius 3 is 2.33 bits per heavy atom. The molecule has 45 heavy (non-hydrogen) atoms. The molecule has 0 heterocycles. The molecule has 1 aliphatic rings. The number of aryl methyl sites for hydroxylation is 1. The van der Waals surface area contributed by atoms with Gasteiger partial charge in [0.05, 0.1) is 11.5 Å². The number of nitrogens with zero attached hydrogens (tertiary/aromatic N) is 1. The third-order valence-electron chi connectivity index (χ3n) is 8.40. The number of rotatable bonds is 18. The van der Waals surface area contributed by atoms with Gasteiger partial charge in [-0.1, -0.05) is 55.8 Å². The largest absolute Gasteiger partial charge is 0.391 e. The molecular weight excluding hydrogens is 596 g/mol. The number of unbranched alkanes of at least 4 members (excludes halogenated alkanes) is 1. The molecule has 2 aromatic rings. The van der Waals surface area contributed by atoms with E-state index < -0.39 is 35.0 Å². The Morgan fingerprint density at radius 1 is 1.04 bits per heavy atom. The maximum absolute atomic E-state index is 14.3. The van der Waals surface area contributed by atoms with Gasteiger partial charge in [-0.25, -0.2) is 8.78 Å². The standard InChI is InChI=1S/C36H48ClF2N3O3/c1-4-13-42(14-5-2)34(44)29-15-25(3)21-36(22-29,35(40)45)32(19-28-17-30(38)20-31(39)18-28)33(43)24-41-23-27-11-8-10-26(16-27)9-6-7-12-37/h8,10-11,15-18,20-21,32-33,41,43H,4-7,9,12-14,19,22-24H2,1-3H3,(H2,40,45)/t32-,33+,36?/m1/s1. The molecule has 1 unspecified atom stereocenters. The van der Waals surface area contributed by atoms with Crippen molar-refractivity contribution in [3.05, 3.63) is 94.1 Å². The van der Waals surface area contributed by atoms with Crippen LogP contribution >= 0.6 is 11.6 Å². The molecule has 2 aromatic carbocycles. The van der Waals surface area contributed by atoms with Gasteiger partial charge in [0.1, 0.15) is 11.6 Å². The van der Waals surface area contributed by atoms with Gasteiger partial charge in [-0.3, -0.25) is 9.59 Å². The SMILES string of the molecule is CCCN(CCC)C(=O)C1=CC(C)=CC(C(N)=O)([C@H](Cc2cc(F)cc(F)c2)[C@@H](O)CNCc2cccc(CCCCCl)c2)C1. The summed E-state index contributed by atoms with van der Waals surface area (Å²) in [6, 6.07) is 11.4. The average molecular weight is 644 g/mol. The number of carbonyl (C=O) groups excluding carboxylic acids is 2. The van der Waals surface area contributed by atoms with Gasteiger partial charge in [0.15, 0.2) is 0 Å². The highest BCUT2D eigenvalue weighted by molar-refractivity contribution is 6.17. The number of primary amides is 1. The van der Waals surface area contributed by atoms with Gasteiger partial charge in [0, 0.05) is 49.6 Å². The summed E-state index contributed by atoms with van der Waals surface area (Å²) in [6.07, 6.45) is 6.71. The van der Waals surface area contributed by atoms with Crippen LogP contribution < -0.4 is 11.1 Å². The number of carbonyl (C=O) groups is 2. The highest BCUT2D eigenvalue weighted by Gasteiger charge is 2.48. The fraction of sp³-hybridized carbons (Fsp3) is 0.500. The van der Waals surface area contributed by atoms with Crippen LogP contribution in [0.2, 0.25) is 0 Å². The van der Waals surface area contributed by atoms with Crippen LogP contribution in [0.15, 0.2) is 65.8 Å². The molecule has 0 saturated carbocycles. The molecule has 3 atom stereocenters. The second-order valence-electron chi connectivity index (χ2n) is 12.2. The molecule has 3 rings (SSSR count). The van der Waals surface area contributed by atoms with Crippen LogP contribution in [0.3, 0.4) is 0 Å². The summed E-state index contributed by atoms with van der Waals surface area (Å²) in [4.78, 5) is 28.9. The molecule has 9 heteroatoms. The third-order valence-corrected chi connectivity index (χ3v) is 8.67. The molecule has 0 spiro atoms.